The lowest BCUT2D eigenvalue weighted by molar-refractivity contribution is 0.0625. The van der Waals surface area contributed by atoms with Crippen LogP contribution in [0.1, 0.15) is 39.1 Å². The summed E-state index contributed by atoms with van der Waals surface area (Å²) in [6.45, 7) is 3.09. The maximum absolute atomic E-state index is 13.0. The van der Waals surface area contributed by atoms with Gasteiger partial charge in [-0.2, -0.15) is 0 Å². The maximum Gasteiger partial charge on any atom is 0.261 e. The van der Waals surface area contributed by atoms with E-state index >= 15 is 0 Å². The third-order valence-electron chi connectivity index (χ3n) is 5.66. The van der Waals surface area contributed by atoms with Gasteiger partial charge in [0.25, 0.3) is 11.8 Å². The van der Waals surface area contributed by atoms with E-state index in [0.717, 1.165) is 38.9 Å². The normalized spacial score (nSPS) is 18.2. The highest BCUT2D eigenvalue weighted by Crippen LogP contribution is 2.24. The van der Waals surface area contributed by atoms with Gasteiger partial charge in [0.05, 0.1) is 11.1 Å². The zero-order valence-electron chi connectivity index (χ0n) is 15.2. The number of fused-ring (bicyclic) bond motifs is 1. The van der Waals surface area contributed by atoms with E-state index in [-0.39, 0.29) is 17.6 Å². The van der Waals surface area contributed by atoms with Crippen molar-refractivity contribution in [2.45, 2.75) is 19.3 Å². The Morgan fingerprint density at radius 1 is 0.852 bits per heavy atom. The second kappa shape index (κ2) is 7.61. The molecule has 4 nitrogen and oxygen atoms in total. The van der Waals surface area contributed by atoms with Crippen molar-refractivity contribution >= 4 is 11.8 Å². The summed E-state index contributed by atoms with van der Waals surface area (Å²) in [5.74, 6) is 0.0522. The van der Waals surface area contributed by atoms with Crippen molar-refractivity contribution < 1.29 is 14.0 Å². The summed E-state index contributed by atoms with van der Waals surface area (Å²) in [6, 6.07) is 13.8. The van der Waals surface area contributed by atoms with Crippen LogP contribution in [0.2, 0.25) is 0 Å². The monoisotopic (exact) mass is 366 g/mol. The quantitative estimate of drug-likeness (QED) is 0.762. The molecule has 4 rings (SSSR count). The summed E-state index contributed by atoms with van der Waals surface area (Å²) in [4.78, 5) is 28.5. The Hall–Kier alpha value is -2.53. The molecule has 0 aliphatic carbocycles. The molecule has 0 bridgehead atoms. The molecule has 0 N–H and O–H groups in total. The van der Waals surface area contributed by atoms with Gasteiger partial charge in [0, 0.05) is 13.1 Å². The van der Waals surface area contributed by atoms with Crippen molar-refractivity contribution in [3.05, 3.63) is 71.0 Å². The van der Waals surface area contributed by atoms with Gasteiger partial charge in [0.15, 0.2) is 0 Å². The number of amides is 2. The molecule has 27 heavy (non-hydrogen) atoms. The molecular weight excluding hydrogens is 343 g/mol. The zero-order valence-corrected chi connectivity index (χ0v) is 15.2. The molecule has 2 aromatic rings. The number of likely N-dealkylation sites (tertiary alicyclic amines) is 1. The van der Waals surface area contributed by atoms with Crippen molar-refractivity contribution in [2.75, 3.05) is 26.2 Å². The van der Waals surface area contributed by atoms with E-state index in [9.17, 15) is 14.0 Å². The zero-order chi connectivity index (χ0) is 18.8. The number of nitrogens with zero attached hydrogens (tertiary/aromatic N) is 2. The Kier molecular flexibility index (Phi) is 5.03. The highest BCUT2D eigenvalue weighted by atomic mass is 19.1. The minimum absolute atomic E-state index is 0.179. The van der Waals surface area contributed by atoms with Gasteiger partial charge in [-0.1, -0.05) is 24.3 Å². The standard InChI is InChI=1S/C22H23FN2O2/c23-18-7-5-16(6-8-18)15-17-9-11-24(12-10-17)13-14-25-21(26)19-3-1-2-4-20(19)22(25)27/h1-8,17H,9-15H2. The van der Waals surface area contributed by atoms with Crippen molar-refractivity contribution in [1.82, 2.24) is 9.80 Å². The fourth-order valence-electron chi connectivity index (χ4n) is 4.05. The van der Waals surface area contributed by atoms with Crippen LogP contribution in [0.25, 0.3) is 0 Å². The minimum Gasteiger partial charge on any atom is -0.302 e. The van der Waals surface area contributed by atoms with Crippen molar-refractivity contribution in [2.24, 2.45) is 5.92 Å². The number of carbonyl (C=O) groups is 2. The largest absolute Gasteiger partial charge is 0.302 e. The molecule has 0 aromatic heterocycles. The summed E-state index contributed by atoms with van der Waals surface area (Å²) in [7, 11) is 0. The Bertz CT molecular complexity index is 807. The van der Waals surface area contributed by atoms with Gasteiger partial charge in [0.1, 0.15) is 5.82 Å². The van der Waals surface area contributed by atoms with E-state index in [1.807, 2.05) is 12.1 Å². The Morgan fingerprint density at radius 3 is 2.04 bits per heavy atom. The van der Waals surface area contributed by atoms with Gasteiger partial charge in [-0.15, -0.1) is 0 Å². The van der Waals surface area contributed by atoms with Gasteiger partial charge in [-0.25, -0.2) is 4.39 Å². The number of hydrogen-bond donors (Lipinski definition) is 0. The van der Waals surface area contributed by atoms with Crippen LogP contribution in [-0.4, -0.2) is 47.8 Å². The molecule has 2 aromatic carbocycles. The molecule has 140 valence electrons. The first-order valence-corrected chi connectivity index (χ1v) is 9.54. The molecular formula is C22H23FN2O2. The highest BCUT2D eigenvalue weighted by Gasteiger charge is 2.35. The van der Waals surface area contributed by atoms with E-state index in [2.05, 4.69) is 4.90 Å². The van der Waals surface area contributed by atoms with E-state index in [4.69, 9.17) is 0 Å². The average Bonchev–Trinajstić information content (AvgIpc) is 2.94. The number of piperidine rings is 1. The van der Waals surface area contributed by atoms with Crippen LogP contribution in [0, 0.1) is 11.7 Å². The number of halogens is 1. The molecule has 2 aliphatic rings. The maximum atomic E-state index is 13.0. The highest BCUT2D eigenvalue weighted by molar-refractivity contribution is 6.21. The molecule has 0 unspecified atom stereocenters. The fourth-order valence-corrected chi connectivity index (χ4v) is 4.05. The molecule has 2 amide bonds. The summed E-state index contributed by atoms with van der Waals surface area (Å²) >= 11 is 0. The van der Waals surface area contributed by atoms with Gasteiger partial charge < -0.3 is 4.90 Å². The summed E-state index contributed by atoms with van der Waals surface area (Å²) in [5, 5.41) is 0. The first-order chi connectivity index (χ1) is 13.1. The SMILES string of the molecule is O=C1c2ccccc2C(=O)N1CCN1CCC(Cc2ccc(F)cc2)CC1. The van der Waals surface area contributed by atoms with Crippen molar-refractivity contribution in [3.8, 4) is 0 Å². The second-order valence-corrected chi connectivity index (χ2v) is 7.42. The molecule has 5 heteroatoms. The van der Waals surface area contributed by atoms with Gasteiger partial charge >= 0.3 is 0 Å². The summed E-state index contributed by atoms with van der Waals surface area (Å²) in [5.41, 5.74) is 2.21. The number of hydrogen-bond acceptors (Lipinski definition) is 3. The second-order valence-electron chi connectivity index (χ2n) is 7.42. The fraction of sp³-hybridized carbons (Fsp3) is 0.364. The number of carbonyl (C=O) groups excluding carboxylic acids is 2. The van der Waals surface area contributed by atoms with Gasteiger partial charge in [-0.05, 0) is 68.1 Å². The summed E-state index contributed by atoms with van der Waals surface area (Å²) < 4.78 is 13.0. The lowest BCUT2D eigenvalue weighted by Crippen LogP contribution is -2.41. The Balaban J connectivity index is 1.26. The number of benzene rings is 2. The Labute approximate surface area is 158 Å². The lowest BCUT2D eigenvalue weighted by Gasteiger charge is -2.32. The average molecular weight is 366 g/mol. The van der Waals surface area contributed by atoms with E-state index < -0.39 is 0 Å². The van der Waals surface area contributed by atoms with Crippen LogP contribution in [-0.2, 0) is 6.42 Å². The van der Waals surface area contributed by atoms with Crippen LogP contribution in [0.5, 0.6) is 0 Å². The molecule has 1 fully saturated rings. The minimum atomic E-state index is -0.193. The molecule has 0 spiro atoms. The summed E-state index contributed by atoms with van der Waals surface area (Å²) in [6.07, 6.45) is 3.14. The van der Waals surface area contributed by atoms with Crippen LogP contribution < -0.4 is 0 Å². The van der Waals surface area contributed by atoms with Crippen LogP contribution in [0.15, 0.2) is 48.5 Å². The lowest BCUT2D eigenvalue weighted by atomic mass is 9.90. The molecule has 0 radical (unpaired) electrons. The molecule has 0 saturated carbocycles. The van der Waals surface area contributed by atoms with Crippen molar-refractivity contribution in [3.63, 3.8) is 0 Å². The predicted molar refractivity (Wildman–Crippen MR) is 101 cm³/mol. The van der Waals surface area contributed by atoms with Crippen LogP contribution in [0.3, 0.4) is 0 Å². The topological polar surface area (TPSA) is 40.6 Å². The van der Waals surface area contributed by atoms with E-state index in [1.165, 1.54) is 22.6 Å². The molecule has 1 saturated heterocycles. The van der Waals surface area contributed by atoms with Gasteiger partial charge in [0.2, 0.25) is 0 Å². The molecule has 0 atom stereocenters. The molecule has 2 heterocycles. The predicted octanol–water partition coefficient (Wildman–Crippen LogP) is 3.38. The number of imide groups is 1. The first kappa shape index (κ1) is 17.9. The Morgan fingerprint density at radius 2 is 1.44 bits per heavy atom. The van der Waals surface area contributed by atoms with E-state index in [0.29, 0.717) is 23.6 Å². The smallest absolute Gasteiger partial charge is 0.261 e. The molecule has 2 aliphatic heterocycles. The van der Waals surface area contributed by atoms with E-state index in [1.54, 1.807) is 24.3 Å². The third-order valence-corrected chi connectivity index (χ3v) is 5.66. The third kappa shape index (κ3) is 3.78. The van der Waals surface area contributed by atoms with Gasteiger partial charge in [-0.3, -0.25) is 14.5 Å². The van der Waals surface area contributed by atoms with Crippen LogP contribution >= 0.6 is 0 Å². The number of rotatable bonds is 5. The van der Waals surface area contributed by atoms with Crippen molar-refractivity contribution in [1.29, 1.82) is 0 Å². The first-order valence-electron chi connectivity index (χ1n) is 9.54. The van der Waals surface area contributed by atoms with Crippen LogP contribution in [0.4, 0.5) is 4.39 Å².